The Morgan fingerprint density at radius 3 is 1.68 bits per heavy atom. The van der Waals surface area contributed by atoms with Gasteiger partial charge in [-0.1, -0.05) is 12.1 Å². The Kier molecular flexibility index (Phi) is 7.28. The molecule has 5 rings (SSSR count). The van der Waals surface area contributed by atoms with Crippen molar-refractivity contribution in [2.45, 2.75) is 52.9 Å². The molecule has 34 heavy (non-hydrogen) atoms. The molecule has 3 aromatic carbocycles. The van der Waals surface area contributed by atoms with Crippen molar-refractivity contribution in [2.24, 2.45) is 0 Å². The number of rotatable bonds is 8. The first kappa shape index (κ1) is 23.1. The summed E-state index contributed by atoms with van der Waals surface area (Å²) in [6.45, 7) is 1.54. The third-order valence-electron chi connectivity index (χ3n) is 5.98. The van der Waals surface area contributed by atoms with E-state index in [0.717, 1.165) is 50.4 Å². The third kappa shape index (κ3) is 5.52. The van der Waals surface area contributed by atoms with Gasteiger partial charge < -0.3 is 23.8 Å². The minimum absolute atomic E-state index is 0.153. The van der Waals surface area contributed by atoms with Crippen molar-refractivity contribution in [2.75, 3.05) is 32.2 Å². The van der Waals surface area contributed by atoms with Crippen LogP contribution in [0.2, 0.25) is 0 Å². The van der Waals surface area contributed by atoms with E-state index in [1.54, 1.807) is 0 Å². The number of anilines is 1. The zero-order valence-corrected chi connectivity index (χ0v) is 20.6. The molecule has 6 heteroatoms. The van der Waals surface area contributed by atoms with Crippen LogP contribution in [0.3, 0.4) is 0 Å². The summed E-state index contributed by atoms with van der Waals surface area (Å²) in [5.74, 6) is 1.69. The highest BCUT2D eigenvalue weighted by Crippen LogP contribution is 2.36. The number of nitrogens with zero attached hydrogens (tertiary/aromatic N) is 1. The molecule has 2 fully saturated rings. The van der Waals surface area contributed by atoms with Gasteiger partial charge in [0.1, 0.15) is 11.5 Å². The fourth-order valence-corrected chi connectivity index (χ4v) is 6.35. The molecule has 2 saturated heterocycles. The molecule has 0 saturated carbocycles. The van der Waals surface area contributed by atoms with E-state index in [4.69, 9.17) is 18.9 Å². The highest BCUT2D eigenvalue weighted by molar-refractivity contribution is 7.97. The first-order valence-corrected chi connectivity index (χ1v) is 13.2. The standard InChI is InChI=1S/C28H32NO4S/c1-29(2)21-13-15-24(16-14-21)34(25-9-3-7-22(19-25)32-27-11-5-17-30-27)26-10-4-8-23(20-26)33-28-12-6-18-31-28/h3-4,7-10,13-16,19-20,27-28H,5-6,11-12,17-18H2,1-2H3/q+1. The lowest BCUT2D eigenvalue weighted by Gasteiger charge is -2.16. The predicted octanol–water partition coefficient (Wildman–Crippen LogP) is 5.88. The molecule has 2 aliphatic rings. The Hall–Kier alpha value is -2.67. The van der Waals surface area contributed by atoms with E-state index in [9.17, 15) is 0 Å². The lowest BCUT2D eigenvalue weighted by Crippen LogP contribution is -2.15. The maximum Gasteiger partial charge on any atom is 0.199 e. The fourth-order valence-electron chi connectivity index (χ4n) is 4.22. The van der Waals surface area contributed by atoms with Crippen molar-refractivity contribution in [3.05, 3.63) is 72.8 Å². The first-order chi connectivity index (χ1) is 16.7. The fraction of sp³-hybridized carbons (Fsp3) is 0.357. The average Bonchev–Trinajstić information content (AvgIpc) is 3.55. The molecule has 5 nitrogen and oxygen atoms in total. The second-order valence-corrected chi connectivity index (χ2v) is 10.8. The molecule has 178 valence electrons. The summed E-state index contributed by atoms with van der Waals surface area (Å²) in [5.41, 5.74) is 1.18. The van der Waals surface area contributed by atoms with Gasteiger partial charge in [-0.2, -0.15) is 0 Å². The molecule has 0 spiro atoms. The Bertz CT molecular complexity index is 1010. The highest BCUT2D eigenvalue weighted by atomic mass is 32.2. The van der Waals surface area contributed by atoms with Crippen molar-refractivity contribution in [1.82, 2.24) is 0 Å². The zero-order valence-electron chi connectivity index (χ0n) is 19.8. The molecule has 2 aliphatic heterocycles. The van der Waals surface area contributed by atoms with E-state index in [-0.39, 0.29) is 23.5 Å². The molecular formula is C28H32NO4S+. The van der Waals surface area contributed by atoms with Crippen LogP contribution in [0.1, 0.15) is 25.7 Å². The van der Waals surface area contributed by atoms with E-state index in [2.05, 4.69) is 79.7 Å². The molecule has 2 unspecified atom stereocenters. The summed E-state index contributed by atoms with van der Waals surface area (Å²) in [5, 5.41) is 0. The third-order valence-corrected chi connectivity index (χ3v) is 8.18. The minimum atomic E-state index is -0.323. The van der Waals surface area contributed by atoms with Gasteiger partial charge in [-0.15, -0.1) is 0 Å². The summed E-state index contributed by atoms with van der Waals surface area (Å²) < 4.78 is 23.6. The van der Waals surface area contributed by atoms with E-state index >= 15 is 0 Å². The van der Waals surface area contributed by atoms with E-state index in [0.29, 0.717) is 0 Å². The Morgan fingerprint density at radius 2 is 1.24 bits per heavy atom. The molecule has 2 atom stereocenters. The van der Waals surface area contributed by atoms with Gasteiger partial charge in [0.05, 0.1) is 24.1 Å². The molecule has 0 bridgehead atoms. The van der Waals surface area contributed by atoms with Crippen LogP contribution >= 0.6 is 0 Å². The summed E-state index contributed by atoms with van der Waals surface area (Å²) >= 11 is 0. The maximum atomic E-state index is 6.14. The van der Waals surface area contributed by atoms with Gasteiger partial charge in [0.2, 0.25) is 0 Å². The van der Waals surface area contributed by atoms with Crippen molar-refractivity contribution in [3.63, 3.8) is 0 Å². The summed E-state index contributed by atoms with van der Waals surface area (Å²) in [4.78, 5) is 5.76. The second-order valence-electron chi connectivity index (χ2n) is 8.77. The zero-order chi connectivity index (χ0) is 23.3. The van der Waals surface area contributed by atoms with Gasteiger partial charge in [0, 0.05) is 44.8 Å². The van der Waals surface area contributed by atoms with Crippen LogP contribution in [0.4, 0.5) is 5.69 Å². The van der Waals surface area contributed by atoms with Gasteiger partial charge in [0.25, 0.3) is 0 Å². The molecule has 0 N–H and O–H groups in total. The highest BCUT2D eigenvalue weighted by Gasteiger charge is 2.31. The number of ether oxygens (including phenoxy) is 4. The summed E-state index contributed by atoms with van der Waals surface area (Å²) in [7, 11) is 3.80. The lowest BCUT2D eigenvalue weighted by molar-refractivity contribution is -0.0394. The monoisotopic (exact) mass is 478 g/mol. The molecule has 3 aromatic rings. The average molecular weight is 479 g/mol. The molecule has 2 heterocycles. The number of hydrogen-bond donors (Lipinski definition) is 0. The Labute approximate surface area is 204 Å². The van der Waals surface area contributed by atoms with Crippen molar-refractivity contribution in [1.29, 1.82) is 0 Å². The molecule has 0 aromatic heterocycles. The van der Waals surface area contributed by atoms with Crippen LogP contribution in [-0.2, 0) is 20.4 Å². The Morgan fingerprint density at radius 1 is 0.706 bits per heavy atom. The van der Waals surface area contributed by atoms with Crippen LogP contribution in [0.25, 0.3) is 0 Å². The van der Waals surface area contributed by atoms with Gasteiger partial charge in [-0.05, 0) is 61.4 Å². The van der Waals surface area contributed by atoms with Crippen molar-refractivity contribution < 1.29 is 18.9 Å². The van der Waals surface area contributed by atoms with Crippen LogP contribution in [0.15, 0.2) is 87.5 Å². The van der Waals surface area contributed by atoms with Crippen LogP contribution in [-0.4, -0.2) is 39.9 Å². The van der Waals surface area contributed by atoms with E-state index < -0.39 is 0 Å². The van der Waals surface area contributed by atoms with Gasteiger partial charge >= 0.3 is 0 Å². The van der Waals surface area contributed by atoms with Gasteiger partial charge in [0.15, 0.2) is 27.3 Å². The van der Waals surface area contributed by atoms with Gasteiger partial charge in [-0.3, -0.25) is 0 Å². The number of benzene rings is 3. The van der Waals surface area contributed by atoms with Crippen LogP contribution in [0, 0.1) is 0 Å². The Balaban J connectivity index is 1.49. The van der Waals surface area contributed by atoms with E-state index in [1.165, 1.54) is 20.4 Å². The topological polar surface area (TPSA) is 40.2 Å². The van der Waals surface area contributed by atoms with E-state index in [1.807, 2.05) is 12.1 Å². The second kappa shape index (κ2) is 10.7. The quantitative estimate of drug-likeness (QED) is 0.378. The van der Waals surface area contributed by atoms with Crippen LogP contribution < -0.4 is 14.4 Å². The normalized spacial score (nSPS) is 20.8. The largest absolute Gasteiger partial charge is 0.465 e. The van der Waals surface area contributed by atoms with Crippen LogP contribution in [0.5, 0.6) is 11.5 Å². The molecule has 0 radical (unpaired) electrons. The molecular weight excluding hydrogens is 446 g/mol. The number of hydrogen-bond acceptors (Lipinski definition) is 5. The van der Waals surface area contributed by atoms with Gasteiger partial charge in [-0.25, -0.2) is 0 Å². The van der Waals surface area contributed by atoms with Crippen molar-refractivity contribution >= 4 is 16.6 Å². The SMILES string of the molecule is CN(C)c1ccc([S+](c2cccc(OC3CCCO3)c2)c2cccc(OC3CCCO3)c2)cc1. The summed E-state index contributed by atoms with van der Waals surface area (Å²) in [6, 6.07) is 25.6. The van der Waals surface area contributed by atoms with Crippen molar-refractivity contribution in [3.8, 4) is 11.5 Å². The smallest absolute Gasteiger partial charge is 0.199 e. The minimum Gasteiger partial charge on any atom is -0.465 e. The lowest BCUT2D eigenvalue weighted by atomic mass is 10.3. The molecule has 0 amide bonds. The first-order valence-electron chi connectivity index (χ1n) is 11.9. The maximum absolute atomic E-state index is 6.14. The summed E-state index contributed by atoms with van der Waals surface area (Å²) in [6.07, 6.45) is 3.66. The molecule has 0 aliphatic carbocycles. The predicted molar refractivity (Wildman–Crippen MR) is 135 cm³/mol.